The number of amides is 2. The molecular formula is C18H27N3O2S. The molecule has 2 aliphatic rings. The predicted octanol–water partition coefficient (Wildman–Crippen LogP) is 2.84. The zero-order valence-electron chi connectivity index (χ0n) is 14.8. The molecule has 1 aliphatic heterocycles. The highest BCUT2D eigenvalue weighted by atomic mass is 32.1. The Morgan fingerprint density at radius 1 is 1.38 bits per heavy atom. The number of likely N-dealkylation sites (tertiary alicyclic amines) is 1. The number of piperidine rings is 1. The van der Waals surface area contributed by atoms with E-state index < -0.39 is 5.54 Å². The fourth-order valence-electron chi connectivity index (χ4n) is 3.25. The summed E-state index contributed by atoms with van der Waals surface area (Å²) in [4.78, 5) is 31.6. The van der Waals surface area contributed by atoms with Gasteiger partial charge in [-0.2, -0.15) is 0 Å². The molecule has 2 atom stereocenters. The van der Waals surface area contributed by atoms with E-state index in [1.165, 1.54) is 0 Å². The Balaban J connectivity index is 1.65. The second-order valence-corrected chi connectivity index (χ2v) is 8.22. The van der Waals surface area contributed by atoms with Crippen LogP contribution >= 0.6 is 11.3 Å². The molecule has 0 bridgehead atoms. The average molecular weight is 350 g/mol. The molecule has 0 aromatic carbocycles. The minimum absolute atomic E-state index is 0.0560. The summed E-state index contributed by atoms with van der Waals surface area (Å²) >= 11 is 1.60. The minimum Gasteiger partial charge on any atom is -0.344 e. The van der Waals surface area contributed by atoms with E-state index in [9.17, 15) is 9.59 Å². The summed E-state index contributed by atoms with van der Waals surface area (Å²) in [6.07, 6.45) is 4.60. The van der Waals surface area contributed by atoms with E-state index in [2.05, 4.69) is 17.2 Å². The third-order valence-corrected chi connectivity index (χ3v) is 6.45. The zero-order chi connectivity index (χ0) is 17.3. The lowest BCUT2D eigenvalue weighted by Gasteiger charge is -2.35. The SMILES string of the molecule is CC[C@](C)(NC(=O)[C@@H]1CCCN(C(=O)C2CC2)C1)c1nc(C)cs1. The van der Waals surface area contributed by atoms with Crippen LogP contribution in [0.1, 0.15) is 56.7 Å². The molecule has 132 valence electrons. The normalized spacial score (nSPS) is 23.6. The van der Waals surface area contributed by atoms with Gasteiger partial charge in [0.15, 0.2) is 0 Å². The number of hydrogen-bond acceptors (Lipinski definition) is 4. The molecule has 5 nitrogen and oxygen atoms in total. The van der Waals surface area contributed by atoms with Crippen LogP contribution in [0.25, 0.3) is 0 Å². The van der Waals surface area contributed by atoms with Gasteiger partial charge in [0.05, 0.1) is 11.5 Å². The number of carbonyl (C=O) groups excluding carboxylic acids is 2. The number of aryl methyl sites for hydroxylation is 1. The van der Waals surface area contributed by atoms with E-state index in [0.717, 1.165) is 49.4 Å². The maximum absolute atomic E-state index is 12.8. The topological polar surface area (TPSA) is 62.3 Å². The summed E-state index contributed by atoms with van der Waals surface area (Å²) in [6, 6.07) is 0. The molecule has 0 radical (unpaired) electrons. The Kier molecular flexibility index (Phi) is 4.95. The molecule has 6 heteroatoms. The number of rotatable bonds is 5. The molecule has 0 unspecified atom stereocenters. The molecule has 24 heavy (non-hydrogen) atoms. The first-order valence-electron chi connectivity index (χ1n) is 8.96. The zero-order valence-corrected chi connectivity index (χ0v) is 15.6. The van der Waals surface area contributed by atoms with Crippen LogP contribution < -0.4 is 5.32 Å². The second-order valence-electron chi connectivity index (χ2n) is 7.37. The average Bonchev–Trinajstić information content (AvgIpc) is 3.34. The Morgan fingerprint density at radius 3 is 2.71 bits per heavy atom. The van der Waals surface area contributed by atoms with Crippen LogP contribution in [-0.4, -0.2) is 34.8 Å². The van der Waals surface area contributed by atoms with Crippen molar-refractivity contribution in [3.63, 3.8) is 0 Å². The van der Waals surface area contributed by atoms with E-state index in [-0.39, 0.29) is 23.7 Å². The molecule has 1 aliphatic carbocycles. The molecule has 2 fully saturated rings. The van der Waals surface area contributed by atoms with Crippen LogP contribution in [0.5, 0.6) is 0 Å². The van der Waals surface area contributed by atoms with Crippen LogP contribution in [0.2, 0.25) is 0 Å². The highest BCUT2D eigenvalue weighted by molar-refractivity contribution is 7.09. The molecule has 1 saturated carbocycles. The van der Waals surface area contributed by atoms with Crippen molar-refractivity contribution in [2.45, 2.75) is 58.4 Å². The Labute approximate surface area is 147 Å². The summed E-state index contributed by atoms with van der Waals surface area (Å²) in [7, 11) is 0. The Hall–Kier alpha value is -1.43. The van der Waals surface area contributed by atoms with Gasteiger partial charge >= 0.3 is 0 Å². The lowest BCUT2D eigenvalue weighted by Crippen LogP contribution is -2.50. The van der Waals surface area contributed by atoms with E-state index in [0.29, 0.717) is 6.54 Å². The van der Waals surface area contributed by atoms with Crippen LogP contribution in [0.15, 0.2) is 5.38 Å². The third-order valence-electron chi connectivity index (χ3n) is 5.23. The van der Waals surface area contributed by atoms with Gasteiger partial charge in [-0.05, 0) is 46.0 Å². The lowest BCUT2D eigenvalue weighted by atomic mass is 9.93. The predicted molar refractivity (Wildman–Crippen MR) is 94.7 cm³/mol. The molecule has 1 aromatic heterocycles. The highest BCUT2D eigenvalue weighted by Crippen LogP contribution is 2.33. The number of aromatic nitrogens is 1. The first-order chi connectivity index (χ1) is 11.4. The molecule has 1 saturated heterocycles. The van der Waals surface area contributed by atoms with Crippen LogP contribution in [0.4, 0.5) is 0 Å². The fraction of sp³-hybridized carbons (Fsp3) is 0.722. The fourth-order valence-corrected chi connectivity index (χ4v) is 4.24. The van der Waals surface area contributed by atoms with Gasteiger partial charge in [0.1, 0.15) is 5.01 Å². The van der Waals surface area contributed by atoms with Gasteiger partial charge in [-0.15, -0.1) is 11.3 Å². The van der Waals surface area contributed by atoms with Gasteiger partial charge in [-0.3, -0.25) is 9.59 Å². The van der Waals surface area contributed by atoms with Crippen molar-refractivity contribution in [3.8, 4) is 0 Å². The Morgan fingerprint density at radius 2 is 2.12 bits per heavy atom. The van der Waals surface area contributed by atoms with E-state index in [1.807, 2.05) is 24.1 Å². The van der Waals surface area contributed by atoms with Crippen molar-refractivity contribution in [3.05, 3.63) is 16.1 Å². The minimum atomic E-state index is -0.432. The summed E-state index contributed by atoms with van der Waals surface area (Å²) in [5, 5.41) is 6.19. The number of nitrogens with one attached hydrogen (secondary N) is 1. The lowest BCUT2D eigenvalue weighted by molar-refractivity contribution is -0.137. The maximum atomic E-state index is 12.8. The number of thiazole rings is 1. The molecule has 2 amide bonds. The van der Waals surface area contributed by atoms with Gasteiger partial charge in [-0.1, -0.05) is 6.92 Å². The van der Waals surface area contributed by atoms with Gasteiger partial charge in [0.25, 0.3) is 0 Å². The largest absolute Gasteiger partial charge is 0.344 e. The molecule has 2 heterocycles. The number of hydrogen-bond donors (Lipinski definition) is 1. The van der Waals surface area contributed by atoms with Crippen LogP contribution in [0.3, 0.4) is 0 Å². The monoisotopic (exact) mass is 349 g/mol. The standard InChI is InChI=1S/C18H27N3O2S/c1-4-18(3,17-19-12(2)11-24-17)20-15(22)14-6-5-9-21(10-14)16(23)13-7-8-13/h11,13-14H,4-10H2,1-3H3,(H,20,22)/t14-,18+/m1/s1. The van der Waals surface area contributed by atoms with Crippen LogP contribution in [-0.2, 0) is 15.1 Å². The molecule has 1 N–H and O–H groups in total. The third kappa shape index (κ3) is 3.63. The number of nitrogens with zero attached hydrogens (tertiary/aromatic N) is 2. The summed E-state index contributed by atoms with van der Waals surface area (Å²) in [6.45, 7) is 7.45. The van der Waals surface area contributed by atoms with Crippen molar-refractivity contribution >= 4 is 23.2 Å². The van der Waals surface area contributed by atoms with E-state index in [1.54, 1.807) is 11.3 Å². The highest BCUT2D eigenvalue weighted by Gasteiger charge is 2.38. The maximum Gasteiger partial charge on any atom is 0.225 e. The van der Waals surface area contributed by atoms with E-state index in [4.69, 9.17) is 0 Å². The smallest absolute Gasteiger partial charge is 0.225 e. The molecular weight excluding hydrogens is 322 g/mol. The van der Waals surface area contributed by atoms with Crippen molar-refractivity contribution in [2.75, 3.05) is 13.1 Å². The molecule has 1 aromatic rings. The van der Waals surface area contributed by atoms with Gasteiger partial charge < -0.3 is 10.2 Å². The van der Waals surface area contributed by atoms with Gasteiger partial charge in [-0.25, -0.2) is 4.98 Å². The molecule has 0 spiro atoms. The van der Waals surface area contributed by atoms with Crippen molar-refractivity contribution in [2.24, 2.45) is 11.8 Å². The Bertz CT molecular complexity index is 626. The molecule has 3 rings (SSSR count). The van der Waals surface area contributed by atoms with E-state index >= 15 is 0 Å². The summed E-state index contributed by atoms with van der Waals surface area (Å²) in [5.41, 5.74) is 0.557. The summed E-state index contributed by atoms with van der Waals surface area (Å²) in [5.74, 6) is 0.432. The van der Waals surface area contributed by atoms with Crippen LogP contribution in [0, 0.1) is 18.8 Å². The van der Waals surface area contributed by atoms with Crippen molar-refractivity contribution < 1.29 is 9.59 Å². The quantitative estimate of drug-likeness (QED) is 0.889. The first kappa shape index (κ1) is 17.4. The number of carbonyl (C=O) groups is 2. The van der Waals surface area contributed by atoms with Crippen molar-refractivity contribution in [1.29, 1.82) is 0 Å². The summed E-state index contributed by atoms with van der Waals surface area (Å²) < 4.78 is 0. The van der Waals surface area contributed by atoms with Gasteiger partial charge in [0.2, 0.25) is 11.8 Å². The first-order valence-corrected chi connectivity index (χ1v) is 9.84. The van der Waals surface area contributed by atoms with Gasteiger partial charge in [0, 0.05) is 30.1 Å². The van der Waals surface area contributed by atoms with Crippen molar-refractivity contribution in [1.82, 2.24) is 15.2 Å². The second kappa shape index (κ2) is 6.82.